The van der Waals surface area contributed by atoms with Crippen LogP contribution in [0.3, 0.4) is 0 Å². The molecule has 2 atom stereocenters. The van der Waals surface area contributed by atoms with Crippen LogP contribution in [0.1, 0.15) is 49.0 Å². The topological polar surface area (TPSA) is 75.6 Å². The maximum absolute atomic E-state index is 12.4. The minimum Gasteiger partial charge on any atom is -0.508 e. The Morgan fingerprint density at radius 1 is 1.12 bits per heavy atom. The lowest BCUT2D eigenvalue weighted by Crippen LogP contribution is -2.30. The number of aromatic hydroxyl groups is 1. The predicted molar refractivity (Wildman–Crippen MR) is 96.8 cm³/mol. The van der Waals surface area contributed by atoms with Crippen LogP contribution in [0, 0.1) is 0 Å². The van der Waals surface area contributed by atoms with Crippen molar-refractivity contribution in [2.75, 3.05) is 5.32 Å². The Morgan fingerprint density at radius 2 is 1.84 bits per heavy atom. The Bertz CT molecular complexity index is 757. The zero-order chi connectivity index (χ0) is 18.4. The van der Waals surface area contributed by atoms with Crippen LogP contribution >= 0.6 is 0 Å². The summed E-state index contributed by atoms with van der Waals surface area (Å²) in [4.78, 5) is 24.4. The molecule has 5 heteroatoms. The second-order valence-corrected chi connectivity index (χ2v) is 5.98. The first-order chi connectivity index (χ1) is 11.9. The van der Waals surface area contributed by atoms with Crippen molar-refractivity contribution >= 4 is 17.6 Å². The summed E-state index contributed by atoms with van der Waals surface area (Å²) >= 11 is 0. The van der Waals surface area contributed by atoms with Crippen LogP contribution in [0.4, 0.5) is 5.69 Å². The minimum absolute atomic E-state index is 0.0333. The molecular weight excluding hydrogens is 318 g/mol. The van der Waals surface area contributed by atoms with Crippen LogP contribution in [0.25, 0.3) is 0 Å². The zero-order valence-corrected chi connectivity index (χ0v) is 14.7. The summed E-state index contributed by atoms with van der Waals surface area (Å²) in [5, 5.41) is 12.2. The van der Waals surface area contributed by atoms with Crippen molar-refractivity contribution in [1.82, 2.24) is 0 Å². The van der Waals surface area contributed by atoms with Gasteiger partial charge in [0.2, 0.25) is 0 Å². The van der Waals surface area contributed by atoms with E-state index in [1.54, 1.807) is 6.07 Å². The van der Waals surface area contributed by atoms with E-state index in [0.717, 1.165) is 17.7 Å². The molecule has 5 nitrogen and oxygen atoms in total. The van der Waals surface area contributed by atoms with Crippen molar-refractivity contribution in [3.05, 3.63) is 59.7 Å². The summed E-state index contributed by atoms with van der Waals surface area (Å²) in [5.74, 6) is -0.784. The summed E-state index contributed by atoms with van der Waals surface area (Å²) in [5.41, 5.74) is 1.96. The average molecular weight is 341 g/mol. The Morgan fingerprint density at radius 3 is 2.52 bits per heavy atom. The SMILES string of the molecule is CC[C@H](C)c1ccccc1NC(=O)[C@@H](C)OC(=O)c1cccc(O)c1. The lowest BCUT2D eigenvalue weighted by atomic mass is 9.97. The molecule has 2 aromatic rings. The molecule has 0 bridgehead atoms. The summed E-state index contributed by atoms with van der Waals surface area (Å²) in [6.45, 7) is 5.70. The van der Waals surface area contributed by atoms with E-state index in [4.69, 9.17) is 4.74 Å². The van der Waals surface area contributed by atoms with Gasteiger partial charge in [-0.15, -0.1) is 0 Å². The fourth-order valence-electron chi connectivity index (χ4n) is 2.41. The number of ether oxygens (including phenoxy) is 1. The summed E-state index contributed by atoms with van der Waals surface area (Å²) < 4.78 is 5.19. The molecule has 0 radical (unpaired) electrons. The minimum atomic E-state index is -0.958. The molecule has 0 unspecified atom stereocenters. The Labute approximate surface area is 147 Å². The molecule has 0 heterocycles. The third-order valence-corrected chi connectivity index (χ3v) is 4.10. The largest absolute Gasteiger partial charge is 0.508 e. The van der Waals surface area contributed by atoms with Gasteiger partial charge in [-0.05, 0) is 49.1 Å². The quantitative estimate of drug-likeness (QED) is 0.776. The van der Waals surface area contributed by atoms with E-state index >= 15 is 0 Å². The van der Waals surface area contributed by atoms with Gasteiger partial charge in [0.1, 0.15) is 5.75 Å². The molecule has 0 fully saturated rings. The van der Waals surface area contributed by atoms with Crippen LogP contribution in [0.2, 0.25) is 0 Å². The Kier molecular flexibility index (Phi) is 6.17. The number of para-hydroxylation sites is 1. The number of phenols is 1. The number of hydrogen-bond acceptors (Lipinski definition) is 4. The fraction of sp³-hybridized carbons (Fsp3) is 0.300. The molecule has 0 spiro atoms. The smallest absolute Gasteiger partial charge is 0.339 e. The van der Waals surface area contributed by atoms with Gasteiger partial charge in [0.05, 0.1) is 5.56 Å². The van der Waals surface area contributed by atoms with Gasteiger partial charge in [-0.1, -0.05) is 38.1 Å². The third-order valence-electron chi connectivity index (χ3n) is 4.10. The molecule has 1 amide bonds. The third kappa shape index (κ3) is 4.83. The summed E-state index contributed by atoms with van der Waals surface area (Å²) in [7, 11) is 0. The maximum Gasteiger partial charge on any atom is 0.339 e. The number of phenolic OH excluding ortho intramolecular Hbond substituents is 1. The highest BCUT2D eigenvalue weighted by atomic mass is 16.5. The van der Waals surface area contributed by atoms with Gasteiger partial charge in [0, 0.05) is 5.69 Å². The van der Waals surface area contributed by atoms with E-state index in [1.807, 2.05) is 24.3 Å². The molecule has 2 rings (SSSR count). The lowest BCUT2D eigenvalue weighted by Gasteiger charge is -2.18. The second kappa shape index (κ2) is 8.33. The van der Waals surface area contributed by atoms with Gasteiger partial charge in [-0.2, -0.15) is 0 Å². The Balaban J connectivity index is 2.05. The van der Waals surface area contributed by atoms with Crippen LogP contribution in [0.15, 0.2) is 48.5 Å². The van der Waals surface area contributed by atoms with E-state index in [-0.39, 0.29) is 11.3 Å². The first-order valence-corrected chi connectivity index (χ1v) is 8.32. The fourth-order valence-corrected chi connectivity index (χ4v) is 2.41. The van der Waals surface area contributed by atoms with Gasteiger partial charge in [-0.25, -0.2) is 4.79 Å². The highest BCUT2D eigenvalue weighted by molar-refractivity contribution is 5.97. The zero-order valence-electron chi connectivity index (χ0n) is 14.7. The van der Waals surface area contributed by atoms with Gasteiger partial charge in [0.25, 0.3) is 5.91 Å². The highest BCUT2D eigenvalue weighted by Gasteiger charge is 2.20. The second-order valence-electron chi connectivity index (χ2n) is 5.98. The van der Waals surface area contributed by atoms with Crippen molar-refractivity contribution in [2.24, 2.45) is 0 Å². The number of rotatable bonds is 6. The first kappa shape index (κ1) is 18.5. The number of amides is 1. The molecule has 25 heavy (non-hydrogen) atoms. The number of hydrogen-bond donors (Lipinski definition) is 2. The predicted octanol–water partition coefficient (Wildman–Crippen LogP) is 4.09. The molecule has 2 N–H and O–H groups in total. The monoisotopic (exact) mass is 341 g/mol. The van der Waals surface area contributed by atoms with Crippen molar-refractivity contribution in [3.63, 3.8) is 0 Å². The van der Waals surface area contributed by atoms with Gasteiger partial charge in [0.15, 0.2) is 6.10 Å². The van der Waals surface area contributed by atoms with Gasteiger partial charge < -0.3 is 15.2 Å². The molecule has 0 aromatic heterocycles. The van der Waals surface area contributed by atoms with E-state index in [2.05, 4.69) is 19.2 Å². The molecule has 2 aromatic carbocycles. The van der Waals surface area contributed by atoms with Crippen molar-refractivity contribution in [3.8, 4) is 5.75 Å². The molecule has 0 aliphatic carbocycles. The summed E-state index contributed by atoms with van der Waals surface area (Å²) in [6.07, 6.45) is -0.00519. The molecule has 0 saturated heterocycles. The number of anilines is 1. The lowest BCUT2D eigenvalue weighted by molar-refractivity contribution is -0.123. The molecule has 132 valence electrons. The molecular formula is C20H23NO4. The van der Waals surface area contributed by atoms with E-state index < -0.39 is 18.0 Å². The molecule has 0 aliphatic heterocycles. The van der Waals surface area contributed by atoms with Crippen LogP contribution < -0.4 is 5.32 Å². The Hall–Kier alpha value is -2.82. The van der Waals surface area contributed by atoms with Crippen LogP contribution in [0.5, 0.6) is 5.75 Å². The van der Waals surface area contributed by atoms with E-state index in [0.29, 0.717) is 5.92 Å². The number of esters is 1. The maximum atomic E-state index is 12.4. The van der Waals surface area contributed by atoms with Crippen LogP contribution in [-0.4, -0.2) is 23.1 Å². The number of benzene rings is 2. The van der Waals surface area contributed by atoms with Crippen molar-refractivity contribution in [2.45, 2.75) is 39.2 Å². The van der Waals surface area contributed by atoms with Crippen LogP contribution in [-0.2, 0) is 9.53 Å². The number of carbonyl (C=O) groups is 2. The van der Waals surface area contributed by atoms with Gasteiger partial charge >= 0.3 is 5.97 Å². The van der Waals surface area contributed by atoms with Crippen molar-refractivity contribution < 1.29 is 19.4 Å². The molecule has 0 saturated carbocycles. The van der Waals surface area contributed by atoms with Gasteiger partial charge in [-0.3, -0.25) is 4.79 Å². The van der Waals surface area contributed by atoms with Crippen molar-refractivity contribution in [1.29, 1.82) is 0 Å². The van der Waals surface area contributed by atoms with E-state index in [9.17, 15) is 14.7 Å². The number of nitrogens with one attached hydrogen (secondary N) is 1. The highest BCUT2D eigenvalue weighted by Crippen LogP contribution is 2.26. The average Bonchev–Trinajstić information content (AvgIpc) is 2.61. The standard InChI is InChI=1S/C20H23NO4/c1-4-13(2)17-10-5-6-11-18(17)21-19(23)14(3)25-20(24)15-8-7-9-16(22)12-15/h5-14,22H,4H2,1-3H3,(H,21,23)/t13-,14+/m0/s1. The summed E-state index contributed by atoms with van der Waals surface area (Å²) in [6, 6.07) is 13.4. The van der Waals surface area contributed by atoms with E-state index in [1.165, 1.54) is 25.1 Å². The first-order valence-electron chi connectivity index (χ1n) is 8.32. The molecule has 0 aliphatic rings. The number of carbonyl (C=O) groups excluding carboxylic acids is 2. The normalized spacial score (nSPS) is 12.9.